The summed E-state index contributed by atoms with van der Waals surface area (Å²) in [5.74, 6) is 0.650. The average Bonchev–Trinajstić information content (AvgIpc) is 2.27. The first kappa shape index (κ1) is 12.7. The SMILES string of the molecule is CCCOc1cc(C)nc(C(C#N)CCl)n1. The lowest BCUT2D eigenvalue weighted by atomic mass is 10.2. The molecule has 0 aliphatic carbocycles. The fraction of sp³-hybridized carbons (Fsp3) is 0.545. The van der Waals surface area contributed by atoms with E-state index in [4.69, 9.17) is 21.6 Å². The van der Waals surface area contributed by atoms with Crippen LogP contribution in [-0.4, -0.2) is 22.5 Å². The van der Waals surface area contributed by atoms with E-state index in [0.717, 1.165) is 12.1 Å². The third-order valence-corrected chi connectivity index (χ3v) is 2.23. The minimum absolute atomic E-state index is 0.188. The Morgan fingerprint density at radius 3 is 2.88 bits per heavy atom. The molecule has 0 fully saturated rings. The first-order chi connectivity index (χ1) is 7.71. The van der Waals surface area contributed by atoms with Crippen LogP contribution in [0.1, 0.15) is 30.8 Å². The monoisotopic (exact) mass is 239 g/mol. The van der Waals surface area contributed by atoms with Gasteiger partial charge < -0.3 is 4.74 Å². The van der Waals surface area contributed by atoms with Crippen LogP contribution in [0.3, 0.4) is 0 Å². The van der Waals surface area contributed by atoms with Crippen LogP contribution in [0, 0.1) is 18.3 Å². The Labute approximate surface area is 100 Å². The van der Waals surface area contributed by atoms with E-state index >= 15 is 0 Å². The van der Waals surface area contributed by atoms with Gasteiger partial charge in [0.25, 0.3) is 0 Å². The highest BCUT2D eigenvalue weighted by atomic mass is 35.5. The number of halogens is 1. The average molecular weight is 240 g/mol. The van der Waals surface area contributed by atoms with Gasteiger partial charge in [0.1, 0.15) is 5.92 Å². The van der Waals surface area contributed by atoms with Gasteiger partial charge in [0.15, 0.2) is 5.82 Å². The number of alkyl halides is 1. The van der Waals surface area contributed by atoms with E-state index in [1.807, 2.05) is 13.8 Å². The quantitative estimate of drug-likeness (QED) is 0.741. The van der Waals surface area contributed by atoms with Gasteiger partial charge in [-0.15, -0.1) is 11.6 Å². The van der Waals surface area contributed by atoms with Gasteiger partial charge in [-0.2, -0.15) is 10.2 Å². The third kappa shape index (κ3) is 3.35. The van der Waals surface area contributed by atoms with E-state index in [-0.39, 0.29) is 5.88 Å². The molecule has 16 heavy (non-hydrogen) atoms. The van der Waals surface area contributed by atoms with Crippen molar-refractivity contribution >= 4 is 11.6 Å². The highest BCUT2D eigenvalue weighted by Crippen LogP contribution is 2.17. The molecule has 0 aliphatic rings. The van der Waals surface area contributed by atoms with Gasteiger partial charge in [-0.3, -0.25) is 0 Å². The van der Waals surface area contributed by atoms with Crippen LogP contribution < -0.4 is 4.74 Å². The molecular weight excluding hydrogens is 226 g/mol. The number of hydrogen-bond donors (Lipinski definition) is 0. The smallest absolute Gasteiger partial charge is 0.216 e. The van der Waals surface area contributed by atoms with Crippen molar-refractivity contribution in [2.45, 2.75) is 26.2 Å². The molecule has 0 saturated carbocycles. The normalized spacial score (nSPS) is 11.9. The lowest BCUT2D eigenvalue weighted by molar-refractivity contribution is 0.303. The van der Waals surface area contributed by atoms with E-state index in [9.17, 15) is 0 Å². The zero-order valence-electron chi connectivity index (χ0n) is 9.40. The van der Waals surface area contributed by atoms with Crippen molar-refractivity contribution < 1.29 is 4.74 Å². The van der Waals surface area contributed by atoms with E-state index < -0.39 is 5.92 Å². The minimum Gasteiger partial charge on any atom is -0.478 e. The van der Waals surface area contributed by atoms with Crippen LogP contribution >= 0.6 is 11.6 Å². The maximum Gasteiger partial charge on any atom is 0.216 e. The molecule has 1 rings (SSSR count). The Balaban J connectivity index is 2.93. The summed E-state index contributed by atoms with van der Waals surface area (Å²) in [5.41, 5.74) is 0.779. The van der Waals surface area contributed by atoms with E-state index in [1.165, 1.54) is 0 Å². The molecule has 1 aromatic rings. The molecule has 0 radical (unpaired) electrons. The van der Waals surface area contributed by atoms with Gasteiger partial charge in [-0.1, -0.05) is 6.92 Å². The maximum absolute atomic E-state index is 8.88. The standard InChI is InChI=1S/C11H14ClN3O/c1-3-4-16-10-5-8(2)14-11(15-10)9(6-12)7-13/h5,9H,3-4,6H2,1-2H3. The summed E-state index contributed by atoms with van der Waals surface area (Å²) in [6.45, 7) is 4.46. The van der Waals surface area contributed by atoms with Crippen molar-refractivity contribution in [3.8, 4) is 11.9 Å². The zero-order chi connectivity index (χ0) is 12.0. The molecule has 0 aliphatic heterocycles. The minimum atomic E-state index is -0.481. The zero-order valence-corrected chi connectivity index (χ0v) is 10.2. The Hall–Kier alpha value is -1.34. The summed E-state index contributed by atoms with van der Waals surface area (Å²) in [7, 11) is 0. The van der Waals surface area contributed by atoms with Crippen molar-refractivity contribution in [1.29, 1.82) is 5.26 Å². The summed E-state index contributed by atoms with van der Waals surface area (Å²) < 4.78 is 5.41. The molecule has 4 nitrogen and oxygen atoms in total. The number of rotatable bonds is 5. The predicted molar refractivity (Wildman–Crippen MR) is 61.6 cm³/mol. The Bertz CT molecular complexity index is 389. The number of hydrogen-bond acceptors (Lipinski definition) is 4. The fourth-order valence-corrected chi connectivity index (χ4v) is 1.37. The second-order valence-electron chi connectivity index (χ2n) is 3.39. The Morgan fingerprint density at radius 2 is 2.31 bits per heavy atom. The fourth-order valence-electron chi connectivity index (χ4n) is 1.16. The number of nitriles is 1. The Morgan fingerprint density at radius 1 is 1.56 bits per heavy atom. The lowest BCUT2D eigenvalue weighted by Crippen LogP contribution is -2.07. The van der Waals surface area contributed by atoms with Crippen molar-refractivity contribution in [2.75, 3.05) is 12.5 Å². The van der Waals surface area contributed by atoms with Gasteiger partial charge in [0, 0.05) is 17.6 Å². The maximum atomic E-state index is 8.88. The van der Waals surface area contributed by atoms with Gasteiger partial charge in [-0.05, 0) is 13.3 Å². The highest BCUT2D eigenvalue weighted by Gasteiger charge is 2.14. The van der Waals surface area contributed by atoms with Crippen molar-refractivity contribution in [3.05, 3.63) is 17.6 Å². The van der Waals surface area contributed by atoms with Crippen LogP contribution in [0.5, 0.6) is 5.88 Å². The molecule has 1 unspecified atom stereocenters. The molecule has 0 bridgehead atoms. The highest BCUT2D eigenvalue weighted by molar-refractivity contribution is 6.18. The lowest BCUT2D eigenvalue weighted by Gasteiger charge is -2.08. The van der Waals surface area contributed by atoms with E-state index in [2.05, 4.69) is 16.0 Å². The van der Waals surface area contributed by atoms with Crippen LogP contribution in [0.25, 0.3) is 0 Å². The summed E-state index contributed by atoms with van der Waals surface area (Å²) in [4.78, 5) is 8.36. The largest absolute Gasteiger partial charge is 0.478 e. The molecule has 1 aromatic heterocycles. The van der Waals surface area contributed by atoms with Crippen LogP contribution in [-0.2, 0) is 0 Å². The number of nitrogens with zero attached hydrogens (tertiary/aromatic N) is 3. The summed E-state index contributed by atoms with van der Waals surface area (Å²) in [5, 5.41) is 8.88. The van der Waals surface area contributed by atoms with Gasteiger partial charge >= 0.3 is 0 Å². The topological polar surface area (TPSA) is 58.8 Å². The molecule has 0 saturated heterocycles. The molecule has 0 aromatic carbocycles. The van der Waals surface area contributed by atoms with Crippen LogP contribution in [0.15, 0.2) is 6.07 Å². The molecule has 5 heteroatoms. The molecule has 1 atom stereocenters. The Kier molecular flexibility index (Phi) is 5.00. The molecule has 0 amide bonds. The van der Waals surface area contributed by atoms with Gasteiger partial charge in [0.05, 0.1) is 12.7 Å². The molecule has 86 valence electrons. The van der Waals surface area contributed by atoms with Crippen molar-refractivity contribution in [2.24, 2.45) is 0 Å². The van der Waals surface area contributed by atoms with Gasteiger partial charge in [0.2, 0.25) is 5.88 Å². The second-order valence-corrected chi connectivity index (χ2v) is 3.70. The number of ether oxygens (including phenoxy) is 1. The van der Waals surface area contributed by atoms with Crippen LogP contribution in [0.2, 0.25) is 0 Å². The van der Waals surface area contributed by atoms with E-state index in [0.29, 0.717) is 18.3 Å². The molecular formula is C11H14ClN3O. The first-order valence-corrected chi connectivity index (χ1v) is 5.68. The summed E-state index contributed by atoms with van der Waals surface area (Å²) in [6, 6.07) is 3.82. The van der Waals surface area contributed by atoms with Crippen molar-refractivity contribution in [1.82, 2.24) is 9.97 Å². The summed E-state index contributed by atoms with van der Waals surface area (Å²) >= 11 is 5.67. The second kappa shape index (κ2) is 6.29. The van der Waals surface area contributed by atoms with Gasteiger partial charge in [-0.25, -0.2) is 4.98 Å². The molecule has 0 N–H and O–H groups in total. The molecule has 0 spiro atoms. The number of aryl methyl sites for hydroxylation is 1. The first-order valence-electron chi connectivity index (χ1n) is 5.15. The van der Waals surface area contributed by atoms with Crippen LogP contribution in [0.4, 0.5) is 0 Å². The molecule has 1 heterocycles. The van der Waals surface area contributed by atoms with Crippen molar-refractivity contribution in [3.63, 3.8) is 0 Å². The van der Waals surface area contributed by atoms with E-state index in [1.54, 1.807) is 6.07 Å². The predicted octanol–water partition coefficient (Wildman–Crippen LogP) is 2.42. The number of aromatic nitrogens is 2. The third-order valence-electron chi connectivity index (χ3n) is 1.92. The summed E-state index contributed by atoms with van der Waals surface area (Å²) in [6.07, 6.45) is 0.912.